The minimum atomic E-state index is -0.200. The molecule has 0 bridgehead atoms. The van der Waals surface area contributed by atoms with Crippen molar-refractivity contribution in [1.29, 1.82) is 0 Å². The van der Waals surface area contributed by atoms with Gasteiger partial charge in [-0.2, -0.15) is 0 Å². The smallest absolute Gasteiger partial charge is 0.225 e. The number of benzene rings is 1. The van der Waals surface area contributed by atoms with E-state index in [1.807, 2.05) is 45.0 Å². The van der Waals surface area contributed by atoms with E-state index >= 15 is 0 Å². The molecule has 4 nitrogen and oxygen atoms in total. The molecule has 1 aromatic heterocycles. The van der Waals surface area contributed by atoms with Gasteiger partial charge in [-0.05, 0) is 49.6 Å². The fourth-order valence-corrected chi connectivity index (χ4v) is 2.03. The van der Waals surface area contributed by atoms with Crippen LogP contribution in [0.4, 0.5) is 5.82 Å². The van der Waals surface area contributed by atoms with Crippen molar-refractivity contribution in [3.63, 3.8) is 0 Å². The van der Waals surface area contributed by atoms with Crippen molar-refractivity contribution in [3.05, 3.63) is 58.8 Å². The molecular formula is C18H20N2O2. The lowest BCUT2D eigenvalue weighted by molar-refractivity contribution is -0.116. The van der Waals surface area contributed by atoms with Gasteiger partial charge < -0.3 is 5.32 Å². The van der Waals surface area contributed by atoms with Gasteiger partial charge in [-0.1, -0.05) is 18.2 Å². The third-order valence-corrected chi connectivity index (χ3v) is 3.59. The van der Waals surface area contributed by atoms with Crippen molar-refractivity contribution in [2.24, 2.45) is 0 Å². The number of anilines is 1. The Morgan fingerprint density at radius 2 is 1.77 bits per heavy atom. The van der Waals surface area contributed by atoms with E-state index in [9.17, 15) is 9.59 Å². The van der Waals surface area contributed by atoms with Gasteiger partial charge in [0.05, 0.1) is 0 Å². The summed E-state index contributed by atoms with van der Waals surface area (Å²) >= 11 is 0. The maximum Gasteiger partial charge on any atom is 0.225 e. The molecule has 22 heavy (non-hydrogen) atoms. The summed E-state index contributed by atoms with van der Waals surface area (Å²) in [5, 5.41) is 2.69. The molecule has 2 aromatic rings. The lowest BCUT2D eigenvalue weighted by Crippen LogP contribution is -2.14. The fourth-order valence-electron chi connectivity index (χ4n) is 2.03. The van der Waals surface area contributed by atoms with Crippen LogP contribution in [-0.2, 0) is 4.79 Å². The first-order valence-corrected chi connectivity index (χ1v) is 7.28. The standard InChI is InChI=1S/C18H20N2O2/c1-12-4-8-17(19-11-12)20-18(22)9-7-16(21)15-6-5-13(2)14(3)10-15/h4-6,8,10-11H,7,9H2,1-3H3,(H,19,20,22). The number of carbonyl (C=O) groups is 2. The number of carbonyl (C=O) groups excluding carboxylic acids is 2. The van der Waals surface area contributed by atoms with Gasteiger partial charge >= 0.3 is 0 Å². The first-order valence-electron chi connectivity index (χ1n) is 7.28. The van der Waals surface area contributed by atoms with E-state index in [-0.39, 0.29) is 24.5 Å². The van der Waals surface area contributed by atoms with Crippen molar-refractivity contribution in [2.75, 3.05) is 5.32 Å². The van der Waals surface area contributed by atoms with Crippen molar-refractivity contribution in [1.82, 2.24) is 4.98 Å². The van der Waals surface area contributed by atoms with Crippen LogP contribution in [0.2, 0.25) is 0 Å². The van der Waals surface area contributed by atoms with E-state index in [1.54, 1.807) is 12.3 Å². The number of aromatic nitrogens is 1. The molecule has 4 heteroatoms. The molecule has 0 radical (unpaired) electrons. The van der Waals surface area contributed by atoms with E-state index in [4.69, 9.17) is 0 Å². The Bertz CT molecular complexity index is 691. The third-order valence-electron chi connectivity index (χ3n) is 3.59. The number of rotatable bonds is 5. The zero-order valence-electron chi connectivity index (χ0n) is 13.1. The van der Waals surface area contributed by atoms with Crippen LogP contribution in [0, 0.1) is 20.8 Å². The molecule has 0 saturated heterocycles. The first-order chi connectivity index (χ1) is 10.5. The summed E-state index contributed by atoms with van der Waals surface area (Å²) in [5.74, 6) is 0.290. The summed E-state index contributed by atoms with van der Waals surface area (Å²) in [6.07, 6.45) is 2.04. The molecule has 0 aliphatic rings. The van der Waals surface area contributed by atoms with Gasteiger partial charge in [-0.15, -0.1) is 0 Å². The van der Waals surface area contributed by atoms with Crippen molar-refractivity contribution in [2.45, 2.75) is 33.6 Å². The summed E-state index contributed by atoms with van der Waals surface area (Å²) in [5.41, 5.74) is 3.92. The highest BCUT2D eigenvalue weighted by Gasteiger charge is 2.10. The van der Waals surface area contributed by atoms with Crippen LogP contribution < -0.4 is 5.32 Å². The lowest BCUT2D eigenvalue weighted by Gasteiger charge is -2.06. The van der Waals surface area contributed by atoms with Crippen LogP contribution in [-0.4, -0.2) is 16.7 Å². The van der Waals surface area contributed by atoms with Crippen LogP contribution in [0.5, 0.6) is 0 Å². The Hall–Kier alpha value is -2.49. The largest absolute Gasteiger partial charge is 0.311 e. The molecule has 1 N–H and O–H groups in total. The van der Waals surface area contributed by atoms with Crippen LogP contribution in [0.15, 0.2) is 36.5 Å². The summed E-state index contributed by atoms with van der Waals surface area (Å²) in [4.78, 5) is 28.1. The van der Waals surface area contributed by atoms with E-state index in [0.29, 0.717) is 11.4 Å². The molecule has 0 atom stereocenters. The Morgan fingerprint density at radius 1 is 1.00 bits per heavy atom. The molecular weight excluding hydrogens is 276 g/mol. The minimum Gasteiger partial charge on any atom is -0.311 e. The van der Waals surface area contributed by atoms with E-state index < -0.39 is 0 Å². The molecule has 0 unspecified atom stereocenters. The summed E-state index contributed by atoms with van der Waals surface area (Å²) in [6.45, 7) is 5.91. The number of ketones is 1. The molecule has 2 rings (SSSR count). The molecule has 1 heterocycles. The highest BCUT2D eigenvalue weighted by Crippen LogP contribution is 2.13. The molecule has 1 aromatic carbocycles. The Labute approximate surface area is 130 Å². The number of Topliss-reactive ketones (excluding diaryl/α,β-unsaturated/α-hetero) is 1. The maximum absolute atomic E-state index is 12.1. The van der Waals surface area contributed by atoms with Gasteiger partial charge in [0, 0.05) is 24.6 Å². The monoisotopic (exact) mass is 296 g/mol. The Kier molecular flexibility index (Phi) is 5.04. The first kappa shape index (κ1) is 15.9. The highest BCUT2D eigenvalue weighted by molar-refractivity contribution is 5.99. The van der Waals surface area contributed by atoms with Crippen molar-refractivity contribution < 1.29 is 9.59 Å². The zero-order chi connectivity index (χ0) is 16.1. The number of hydrogen-bond donors (Lipinski definition) is 1. The van der Waals surface area contributed by atoms with Gasteiger partial charge in [0.1, 0.15) is 5.82 Å². The van der Waals surface area contributed by atoms with Crippen LogP contribution in [0.3, 0.4) is 0 Å². The number of amides is 1. The van der Waals surface area contributed by atoms with Crippen molar-refractivity contribution >= 4 is 17.5 Å². The van der Waals surface area contributed by atoms with Gasteiger partial charge in [0.25, 0.3) is 0 Å². The zero-order valence-corrected chi connectivity index (χ0v) is 13.1. The SMILES string of the molecule is Cc1ccc(NC(=O)CCC(=O)c2ccc(C)c(C)c2)nc1. The van der Waals surface area contributed by atoms with Gasteiger partial charge in [0.15, 0.2) is 5.78 Å². The summed E-state index contributed by atoms with van der Waals surface area (Å²) in [6, 6.07) is 9.24. The Morgan fingerprint density at radius 3 is 2.41 bits per heavy atom. The average molecular weight is 296 g/mol. The number of aryl methyl sites for hydroxylation is 3. The number of hydrogen-bond acceptors (Lipinski definition) is 3. The normalized spacial score (nSPS) is 10.3. The molecule has 0 spiro atoms. The van der Waals surface area contributed by atoms with Crippen LogP contribution in [0.1, 0.15) is 39.9 Å². The molecule has 0 aliphatic heterocycles. The maximum atomic E-state index is 12.1. The second kappa shape index (κ2) is 6.98. The predicted octanol–water partition coefficient (Wildman–Crippen LogP) is 3.61. The van der Waals surface area contributed by atoms with Crippen molar-refractivity contribution in [3.8, 4) is 0 Å². The predicted molar refractivity (Wildman–Crippen MR) is 87.1 cm³/mol. The lowest BCUT2D eigenvalue weighted by atomic mass is 10.0. The average Bonchev–Trinajstić information content (AvgIpc) is 2.50. The number of pyridine rings is 1. The number of nitrogens with one attached hydrogen (secondary N) is 1. The van der Waals surface area contributed by atoms with E-state index in [2.05, 4.69) is 10.3 Å². The van der Waals surface area contributed by atoms with Crippen LogP contribution >= 0.6 is 0 Å². The minimum absolute atomic E-state index is 0.0184. The van der Waals surface area contributed by atoms with E-state index in [0.717, 1.165) is 16.7 Å². The summed E-state index contributed by atoms with van der Waals surface area (Å²) < 4.78 is 0. The van der Waals surface area contributed by atoms with E-state index in [1.165, 1.54) is 0 Å². The third kappa shape index (κ3) is 4.25. The van der Waals surface area contributed by atoms with Crippen LogP contribution in [0.25, 0.3) is 0 Å². The van der Waals surface area contributed by atoms with Gasteiger partial charge in [0.2, 0.25) is 5.91 Å². The molecule has 1 amide bonds. The summed E-state index contributed by atoms with van der Waals surface area (Å²) in [7, 11) is 0. The number of nitrogens with zero attached hydrogens (tertiary/aromatic N) is 1. The second-order valence-corrected chi connectivity index (χ2v) is 5.49. The Balaban J connectivity index is 1.88. The quantitative estimate of drug-likeness (QED) is 0.857. The molecule has 0 aliphatic carbocycles. The molecule has 114 valence electrons. The van der Waals surface area contributed by atoms with Gasteiger partial charge in [-0.3, -0.25) is 9.59 Å². The molecule has 0 fully saturated rings. The second-order valence-electron chi connectivity index (χ2n) is 5.49. The fraction of sp³-hybridized carbons (Fsp3) is 0.278. The topological polar surface area (TPSA) is 59.1 Å². The molecule has 0 saturated carbocycles. The van der Waals surface area contributed by atoms with Gasteiger partial charge in [-0.25, -0.2) is 4.98 Å². The highest BCUT2D eigenvalue weighted by atomic mass is 16.2.